The highest BCUT2D eigenvalue weighted by atomic mass is 32.2. The minimum atomic E-state index is -3.52. The highest BCUT2D eigenvalue weighted by Gasteiger charge is 2.21. The van der Waals surface area contributed by atoms with E-state index in [1.807, 2.05) is 12.1 Å². The highest BCUT2D eigenvalue weighted by Crippen LogP contribution is 2.26. The minimum absolute atomic E-state index is 0.240. The van der Waals surface area contributed by atoms with Gasteiger partial charge in [-0.05, 0) is 13.0 Å². The maximum absolute atomic E-state index is 11.9. The SMILES string of the molecule is Cc1[nH]c2ccccc2c1S(=O)(=O)CC#N. The third kappa shape index (κ3) is 1.57. The Morgan fingerprint density at radius 1 is 1.38 bits per heavy atom. The number of aryl methyl sites for hydroxylation is 1. The molecule has 0 aliphatic carbocycles. The molecule has 0 saturated carbocycles. The molecule has 4 nitrogen and oxygen atoms in total. The number of nitriles is 1. The first-order valence-corrected chi connectivity index (χ1v) is 6.38. The summed E-state index contributed by atoms with van der Waals surface area (Å²) in [4.78, 5) is 3.24. The number of aromatic amines is 1. The van der Waals surface area contributed by atoms with Crippen LogP contribution in [0.25, 0.3) is 10.9 Å². The van der Waals surface area contributed by atoms with Crippen LogP contribution in [0.2, 0.25) is 0 Å². The van der Waals surface area contributed by atoms with Crippen molar-refractivity contribution in [3.8, 4) is 6.07 Å². The van der Waals surface area contributed by atoms with Crippen molar-refractivity contribution in [2.75, 3.05) is 5.75 Å². The summed E-state index contributed by atoms with van der Waals surface area (Å²) in [6.45, 7) is 1.70. The van der Waals surface area contributed by atoms with Crippen molar-refractivity contribution < 1.29 is 8.42 Å². The number of rotatable bonds is 2. The predicted molar refractivity (Wildman–Crippen MR) is 60.7 cm³/mol. The van der Waals surface area contributed by atoms with Gasteiger partial charge in [-0.25, -0.2) is 8.42 Å². The molecule has 0 saturated heterocycles. The lowest BCUT2D eigenvalue weighted by Gasteiger charge is -1.99. The average molecular weight is 234 g/mol. The summed E-state index contributed by atoms with van der Waals surface area (Å²) < 4.78 is 23.8. The van der Waals surface area contributed by atoms with Gasteiger partial charge in [0.1, 0.15) is 5.75 Å². The molecule has 0 radical (unpaired) electrons. The van der Waals surface area contributed by atoms with E-state index in [9.17, 15) is 8.42 Å². The van der Waals surface area contributed by atoms with Crippen LogP contribution >= 0.6 is 0 Å². The number of benzene rings is 1. The van der Waals surface area contributed by atoms with Gasteiger partial charge >= 0.3 is 0 Å². The van der Waals surface area contributed by atoms with Crippen molar-refractivity contribution in [3.63, 3.8) is 0 Å². The van der Waals surface area contributed by atoms with E-state index in [2.05, 4.69) is 4.98 Å². The molecule has 1 N–H and O–H groups in total. The molecule has 0 aliphatic heterocycles. The normalized spacial score (nSPS) is 11.5. The number of hydrogen-bond donors (Lipinski definition) is 1. The van der Waals surface area contributed by atoms with Gasteiger partial charge in [0.2, 0.25) is 0 Å². The lowest BCUT2D eigenvalue weighted by atomic mass is 10.2. The van der Waals surface area contributed by atoms with Crippen LogP contribution in [0.4, 0.5) is 0 Å². The zero-order chi connectivity index (χ0) is 11.8. The zero-order valence-corrected chi connectivity index (χ0v) is 9.50. The number of aromatic nitrogens is 1. The smallest absolute Gasteiger partial charge is 0.194 e. The van der Waals surface area contributed by atoms with E-state index in [0.29, 0.717) is 11.1 Å². The molecular formula is C11H10N2O2S. The summed E-state index contributed by atoms with van der Waals surface area (Å²) in [5, 5.41) is 9.17. The van der Waals surface area contributed by atoms with Crippen molar-refractivity contribution >= 4 is 20.7 Å². The van der Waals surface area contributed by atoms with Crippen molar-refractivity contribution in [1.29, 1.82) is 5.26 Å². The summed E-state index contributed by atoms with van der Waals surface area (Å²) in [5.41, 5.74) is 1.35. The molecule has 2 aromatic rings. The van der Waals surface area contributed by atoms with Gasteiger partial charge in [0.15, 0.2) is 9.84 Å². The van der Waals surface area contributed by atoms with Gasteiger partial charge in [-0.3, -0.25) is 0 Å². The Balaban J connectivity index is 2.79. The number of sulfone groups is 1. The Kier molecular flexibility index (Phi) is 2.44. The third-order valence-corrected chi connectivity index (χ3v) is 4.06. The number of nitrogens with one attached hydrogen (secondary N) is 1. The summed E-state index contributed by atoms with van der Waals surface area (Å²) in [5.74, 6) is -0.490. The maximum atomic E-state index is 11.9. The standard InChI is InChI=1S/C11H10N2O2S/c1-8-11(16(14,15)7-6-12)9-4-2-3-5-10(9)13-8/h2-5,13H,7H2,1H3. The Morgan fingerprint density at radius 2 is 2.06 bits per heavy atom. The number of nitrogens with zero attached hydrogens (tertiary/aromatic N) is 1. The number of hydrogen-bond acceptors (Lipinski definition) is 3. The lowest BCUT2D eigenvalue weighted by molar-refractivity contribution is 0.599. The van der Waals surface area contributed by atoms with Gasteiger partial charge in [0, 0.05) is 16.6 Å². The van der Waals surface area contributed by atoms with Crippen molar-refractivity contribution in [2.24, 2.45) is 0 Å². The average Bonchev–Trinajstić information content (AvgIpc) is 2.53. The van der Waals surface area contributed by atoms with Gasteiger partial charge in [-0.15, -0.1) is 0 Å². The maximum Gasteiger partial charge on any atom is 0.194 e. The molecule has 1 aromatic carbocycles. The van der Waals surface area contributed by atoms with Crippen LogP contribution in [-0.4, -0.2) is 19.2 Å². The fourth-order valence-electron chi connectivity index (χ4n) is 1.81. The first kappa shape index (κ1) is 10.7. The van der Waals surface area contributed by atoms with Gasteiger partial charge in [0.25, 0.3) is 0 Å². The quantitative estimate of drug-likeness (QED) is 0.860. The van der Waals surface area contributed by atoms with Crippen LogP contribution in [-0.2, 0) is 9.84 Å². The molecule has 0 amide bonds. The molecule has 0 aliphatic rings. The minimum Gasteiger partial charge on any atom is -0.358 e. The molecule has 0 unspecified atom stereocenters. The zero-order valence-electron chi connectivity index (χ0n) is 8.69. The molecule has 82 valence electrons. The van der Waals surface area contributed by atoms with Crippen molar-refractivity contribution in [3.05, 3.63) is 30.0 Å². The molecule has 0 spiro atoms. The van der Waals surface area contributed by atoms with Crippen LogP contribution in [0.3, 0.4) is 0 Å². The molecular weight excluding hydrogens is 224 g/mol. The Morgan fingerprint density at radius 3 is 2.75 bits per heavy atom. The first-order chi connectivity index (χ1) is 7.56. The highest BCUT2D eigenvalue weighted by molar-refractivity contribution is 7.91. The molecule has 16 heavy (non-hydrogen) atoms. The van der Waals surface area contributed by atoms with E-state index in [0.717, 1.165) is 5.52 Å². The van der Waals surface area contributed by atoms with Crippen LogP contribution in [0.1, 0.15) is 5.69 Å². The molecule has 0 fully saturated rings. The molecule has 1 aromatic heterocycles. The van der Waals surface area contributed by atoms with Crippen LogP contribution in [0, 0.1) is 18.3 Å². The molecule has 5 heteroatoms. The van der Waals surface area contributed by atoms with Crippen molar-refractivity contribution in [2.45, 2.75) is 11.8 Å². The molecule has 1 heterocycles. The summed E-state index contributed by atoms with van der Waals surface area (Å²) in [7, 11) is -3.52. The van der Waals surface area contributed by atoms with Gasteiger partial charge in [-0.1, -0.05) is 18.2 Å². The summed E-state index contributed by atoms with van der Waals surface area (Å²) in [6, 6.07) is 8.85. The Hall–Kier alpha value is -1.80. The van der Waals surface area contributed by atoms with E-state index < -0.39 is 15.6 Å². The fraction of sp³-hybridized carbons (Fsp3) is 0.182. The topological polar surface area (TPSA) is 73.7 Å². The second-order valence-corrected chi connectivity index (χ2v) is 5.47. The van der Waals surface area contributed by atoms with Crippen molar-refractivity contribution in [1.82, 2.24) is 4.98 Å². The monoisotopic (exact) mass is 234 g/mol. The van der Waals surface area contributed by atoms with Crippen LogP contribution in [0.15, 0.2) is 29.2 Å². The Bertz CT molecular complexity index is 678. The third-order valence-electron chi connectivity index (χ3n) is 2.40. The van der Waals surface area contributed by atoms with E-state index in [4.69, 9.17) is 5.26 Å². The van der Waals surface area contributed by atoms with Gasteiger partial charge in [0.05, 0.1) is 11.0 Å². The van der Waals surface area contributed by atoms with Crippen LogP contribution < -0.4 is 0 Å². The number of para-hydroxylation sites is 1. The molecule has 0 atom stereocenters. The number of fused-ring (bicyclic) bond motifs is 1. The first-order valence-electron chi connectivity index (χ1n) is 4.73. The van der Waals surface area contributed by atoms with Crippen LogP contribution in [0.5, 0.6) is 0 Å². The Labute approximate surface area is 93.4 Å². The summed E-state index contributed by atoms with van der Waals surface area (Å²) >= 11 is 0. The van der Waals surface area contributed by atoms with E-state index in [-0.39, 0.29) is 4.90 Å². The van der Waals surface area contributed by atoms with E-state index in [1.165, 1.54) is 0 Å². The summed E-state index contributed by atoms with van der Waals surface area (Å²) in [6.07, 6.45) is 0. The van der Waals surface area contributed by atoms with E-state index in [1.54, 1.807) is 25.1 Å². The second-order valence-electron chi connectivity index (χ2n) is 3.54. The second kappa shape index (κ2) is 3.65. The predicted octanol–water partition coefficient (Wildman–Crippen LogP) is 1.77. The lowest BCUT2D eigenvalue weighted by Crippen LogP contribution is -2.05. The largest absolute Gasteiger partial charge is 0.358 e. The van der Waals surface area contributed by atoms with Gasteiger partial charge < -0.3 is 4.98 Å². The molecule has 2 rings (SSSR count). The van der Waals surface area contributed by atoms with Gasteiger partial charge in [-0.2, -0.15) is 5.26 Å². The number of H-pyrrole nitrogens is 1. The fourth-order valence-corrected chi connectivity index (χ4v) is 3.15. The van der Waals surface area contributed by atoms with E-state index >= 15 is 0 Å². The molecule has 0 bridgehead atoms.